The fraction of sp³-hybridized carbons (Fsp3) is 0.273. The number of Topliss-reactive ketones (excluding diaryl/α,β-unsaturated/α-hetero) is 1. The number of hydrogen-bond donors (Lipinski definition) is 0. The molecule has 1 aromatic carbocycles. The van der Waals surface area contributed by atoms with Gasteiger partial charge in [0.25, 0.3) is 0 Å². The van der Waals surface area contributed by atoms with E-state index in [1.807, 2.05) is 19.1 Å². The number of carbonyl (C=O) groups is 1. The van der Waals surface area contributed by atoms with Crippen molar-refractivity contribution < 1.29 is 4.79 Å². The molecule has 0 aliphatic heterocycles. The summed E-state index contributed by atoms with van der Waals surface area (Å²) in [5.74, 6) is -0.146. The van der Waals surface area contributed by atoms with Crippen LogP contribution in [0.1, 0.15) is 29.0 Å². The molecule has 0 fully saturated rings. The van der Waals surface area contributed by atoms with Gasteiger partial charge in [0, 0.05) is 0 Å². The summed E-state index contributed by atoms with van der Waals surface area (Å²) in [6.45, 7) is 3.31. The maximum atomic E-state index is 11.1. The third kappa shape index (κ3) is 2.12. The zero-order valence-electron chi connectivity index (χ0n) is 8.04. The summed E-state index contributed by atoms with van der Waals surface area (Å²) < 4.78 is 0. The van der Waals surface area contributed by atoms with E-state index < -0.39 is 5.38 Å². The van der Waals surface area contributed by atoms with E-state index >= 15 is 0 Å². The normalized spacial score (nSPS) is 11.9. The standard InChI is InChI=1S/C11H10ClNO/c1-7-3-4-10(9(5-7)6-13)11(12)8(2)14/h3-5,11H,1-2H3. The van der Waals surface area contributed by atoms with Crippen LogP contribution in [0.15, 0.2) is 18.2 Å². The smallest absolute Gasteiger partial charge is 0.152 e. The first kappa shape index (κ1) is 10.7. The highest BCUT2D eigenvalue weighted by molar-refractivity contribution is 6.31. The van der Waals surface area contributed by atoms with Crippen molar-refractivity contribution in [2.24, 2.45) is 0 Å². The fourth-order valence-electron chi connectivity index (χ4n) is 1.21. The number of carbonyl (C=O) groups excluding carboxylic acids is 1. The van der Waals surface area contributed by atoms with Gasteiger partial charge in [0.05, 0.1) is 11.6 Å². The van der Waals surface area contributed by atoms with Crippen molar-refractivity contribution >= 4 is 17.4 Å². The van der Waals surface area contributed by atoms with Gasteiger partial charge in [-0.15, -0.1) is 11.6 Å². The van der Waals surface area contributed by atoms with Crippen LogP contribution in [0.25, 0.3) is 0 Å². The van der Waals surface area contributed by atoms with Crippen LogP contribution in [0, 0.1) is 18.3 Å². The molecule has 0 aliphatic rings. The predicted octanol–water partition coefficient (Wildman–Crippen LogP) is 2.74. The van der Waals surface area contributed by atoms with Crippen molar-refractivity contribution in [2.45, 2.75) is 19.2 Å². The Hall–Kier alpha value is -1.33. The maximum Gasteiger partial charge on any atom is 0.152 e. The van der Waals surface area contributed by atoms with Crippen LogP contribution >= 0.6 is 11.6 Å². The molecular weight excluding hydrogens is 198 g/mol. The molecule has 3 heteroatoms. The van der Waals surface area contributed by atoms with Crippen LogP contribution in [-0.2, 0) is 4.79 Å². The number of aryl methyl sites for hydroxylation is 1. The molecule has 14 heavy (non-hydrogen) atoms. The first-order chi connectivity index (χ1) is 6.56. The van der Waals surface area contributed by atoms with Crippen molar-refractivity contribution in [1.82, 2.24) is 0 Å². The molecule has 0 saturated carbocycles. The summed E-state index contributed by atoms with van der Waals surface area (Å²) in [6, 6.07) is 7.34. The summed E-state index contributed by atoms with van der Waals surface area (Å²) in [6.07, 6.45) is 0. The van der Waals surface area contributed by atoms with Gasteiger partial charge in [-0.1, -0.05) is 12.1 Å². The average molecular weight is 208 g/mol. The molecular formula is C11H10ClNO. The second-order valence-corrected chi connectivity index (χ2v) is 3.61. The average Bonchev–Trinajstić information content (AvgIpc) is 2.16. The van der Waals surface area contributed by atoms with Gasteiger partial charge < -0.3 is 0 Å². The number of alkyl halides is 1. The highest BCUT2D eigenvalue weighted by atomic mass is 35.5. The van der Waals surface area contributed by atoms with E-state index in [0.717, 1.165) is 5.56 Å². The molecule has 1 unspecified atom stereocenters. The molecule has 0 heterocycles. The number of nitrogens with zero attached hydrogens (tertiary/aromatic N) is 1. The van der Waals surface area contributed by atoms with Gasteiger partial charge in [-0.05, 0) is 31.0 Å². The summed E-state index contributed by atoms with van der Waals surface area (Å²) in [7, 11) is 0. The lowest BCUT2D eigenvalue weighted by Gasteiger charge is -2.08. The van der Waals surface area contributed by atoms with Crippen LogP contribution in [0.4, 0.5) is 0 Å². The number of halogens is 1. The molecule has 0 N–H and O–H groups in total. The number of rotatable bonds is 2. The highest BCUT2D eigenvalue weighted by Gasteiger charge is 2.16. The minimum atomic E-state index is -0.717. The summed E-state index contributed by atoms with van der Waals surface area (Å²) in [5.41, 5.74) is 2.05. The largest absolute Gasteiger partial charge is 0.298 e. The molecule has 1 rings (SSSR count). The first-order valence-corrected chi connectivity index (χ1v) is 4.65. The van der Waals surface area contributed by atoms with E-state index in [9.17, 15) is 4.79 Å². The molecule has 1 aromatic rings. The Balaban J connectivity index is 3.22. The molecule has 0 aliphatic carbocycles. The maximum absolute atomic E-state index is 11.1. The van der Waals surface area contributed by atoms with Gasteiger partial charge in [-0.2, -0.15) is 5.26 Å². The fourth-order valence-corrected chi connectivity index (χ4v) is 1.40. The van der Waals surface area contributed by atoms with Crippen molar-refractivity contribution in [2.75, 3.05) is 0 Å². The summed E-state index contributed by atoms with van der Waals surface area (Å²) >= 11 is 5.88. The van der Waals surface area contributed by atoms with Gasteiger partial charge >= 0.3 is 0 Å². The Labute approximate surface area is 88.1 Å². The summed E-state index contributed by atoms with van der Waals surface area (Å²) in [4.78, 5) is 11.1. The predicted molar refractivity (Wildman–Crippen MR) is 55.2 cm³/mol. The Morgan fingerprint density at radius 2 is 2.21 bits per heavy atom. The van der Waals surface area contributed by atoms with Crippen LogP contribution < -0.4 is 0 Å². The van der Waals surface area contributed by atoms with E-state index in [1.54, 1.807) is 12.1 Å². The quantitative estimate of drug-likeness (QED) is 0.700. The monoisotopic (exact) mass is 207 g/mol. The SMILES string of the molecule is CC(=O)C(Cl)c1ccc(C)cc1C#N. The van der Waals surface area contributed by atoms with E-state index in [2.05, 4.69) is 0 Å². The Morgan fingerprint density at radius 3 is 2.71 bits per heavy atom. The molecule has 1 atom stereocenters. The second kappa shape index (κ2) is 4.26. The Kier molecular flexibility index (Phi) is 3.27. The Bertz CT molecular complexity index is 406. The van der Waals surface area contributed by atoms with Crippen LogP contribution in [-0.4, -0.2) is 5.78 Å². The van der Waals surface area contributed by atoms with Crippen LogP contribution in [0.2, 0.25) is 0 Å². The van der Waals surface area contributed by atoms with E-state index in [-0.39, 0.29) is 5.78 Å². The minimum absolute atomic E-state index is 0.146. The number of ketones is 1. The topological polar surface area (TPSA) is 40.9 Å². The van der Waals surface area contributed by atoms with Crippen molar-refractivity contribution in [3.8, 4) is 6.07 Å². The lowest BCUT2D eigenvalue weighted by Crippen LogP contribution is -2.04. The molecule has 0 spiro atoms. The molecule has 0 amide bonds. The van der Waals surface area contributed by atoms with E-state index in [0.29, 0.717) is 11.1 Å². The third-order valence-electron chi connectivity index (χ3n) is 1.96. The van der Waals surface area contributed by atoms with Crippen LogP contribution in [0.5, 0.6) is 0 Å². The van der Waals surface area contributed by atoms with Gasteiger partial charge in [0.2, 0.25) is 0 Å². The molecule has 0 aromatic heterocycles. The lowest BCUT2D eigenvalue weighted by molar-refractivity contribution is -0.116. The molecule has 72 valence electrons. The number of benzene rings is 1. The second-order valence-electron chi connectivity index (χ2n) is 3.18. The highest BCUT2D eigenvalue weighted by Crippen LogP contribution is 2.25. The van der Waals surface area contributed by atoms with Gasteiger partial charge in [-0.25, -0.2) is 0 Å². The number of nitriles is 1. The van der Waals surface area contributed by atoms with E-state index in [1.165, 1.54) is 6.92 Å². The van der Waals surface area contributed by atoms with Crippen molar-refractivity contribution in [1.29, 1.82) is 5.26 Å². The minimum Gasteiger partial charge on any atom is -0.298 e. The molecule has 0 saturated heterocycles. The van der Waals surface area contributed by atoms with Crippen molar-refractivity contribution in [3.63, 3.8) is 0 Å². The first-order valence-electron chi connectivity index (χ1n) is 4.21. The number of hydrogen-bond acceptors (Lipinski definition) is 2. The van der Waals surface area contributed by atoms with Crippen molar-refractivity contribution in [3.05, 3.63) is 34.9 Å². The molecule has 2 nitrogen and oxygen atoms in total. The summed E-state index contributed by atoms with van der Waals surface area (Å²) in [5, 5.41) is 8.14. The molecule has 0 radical (unpaired) electrons. The Morgan fingerprint density at radius 1 is 1.57 bits per heavy atom. The lowest BCUT2D eigenvalue weighted by atomic mass is 10.0. The van der Waals surface area contributed by atoms with Gasteiger partial charge in [0.1, 0.15) is 5.38 Å². The van der Waals surface area contributed by atoms with Gasteiger partial charge in [0.15, 0.2) is 5.78 Å². The van der Waals surface area contributed by atoms with Gasteiger partial charge in [-0.3, -0.25) is 4.79 Å². The third-order valence-corrected chi connectivity index (χ3v) is 2.50. The van der Waals surface area contributed by atoms with E-state index in [4.69, 9.17) is 16.9 Å². The van der Waals surface area contributed by atoms with Crippen LogP contribution in [0.3, 0.4) is 0 Å². The zero-order valence-corrected chi connectivity index (χ0v) is 8.80. The zero-order chi connectivity index (χ0) is 10.7. The molecule has 0 bridgehead atoms.